The molecule has 0 amide bonds. The lowest BCUT2D eigenvalue weighted by molar-refractivity contribution is 0.602. The van der Waals surface area contributed by atoms with Crippen molar-refractivity contribution in [3.05, 3.63) is 54.1 Å². The molecule has 3 rings (SSSR count). The van der Waals surface area contributed by atoms with E-state index in [2.05, 4.69) is 19.7 Å². The van der Waals surface area contributed by atoms with Gasteiger partial charge >= 0.3 is 0 Å². The molecule has 106 valence electrons. The van der Waals surface area contributed by atoms with E-state index < -0.39 is 10.0 Å². The first-order chi connectivity index (χ1) is 10.1. The number of pyridine rings is 1. The standard InChI is InChI=1S/C13H9ClN4O2S/c14-12-13(17-8-7-16-12)18-21(19,20)11-5-1-4-10-9(11)3-2-6-15-10/h1-8H,(H,17,18). The van der Waals surface area contributed by atoms with Gasteiger partial charge in [0.1, 0.15) is 0 Å². The fraction of sp³-hybridized carbons (Fsp3) is 0. The minimum atomic E-state index is -3.84. The Morgan fingerprint density at radius 2 is 1.76 bits per heavy atom. The predicted octanol–water partition coefficient (Wildman–Crippen LogP) is 2.48. The van der Waals surface area contributed by atoms with E-state index in [-0.39, 0.29) is 15.9 Å². The molecular weight excluding hydrogens is 312 g/mol. The Hall–Kier alpha value is -2.25. The number of hydrogen-bond acceptors (Lipinski definition) is 5. The van der Waals surface area contributed by atoms with E-state index in [1.165, 1.54) is 18.5 Å². The summed E-state index contributed by atoms with van der Waals surface area (Å²) in [6, 6.07) is 8.23. The van der Waals surface area contributed by atoms with Gasteiger partial charge in [0.2, 0.25) is 0 Å². The molecule has 0 aliphatic carbocycles. The number of rotatable bonds is 3. The van der Waals surface area contributed by atoms with Crippen molar-refractivity contribution in [3.63, 3.8) is 0 Å². The number of fused-ring (bicyclic) bond motifs is 1. The van der Waals surface area contributed by atoms with E-state index in [4.69, 9.17) is 11.6 Å². The Labute approximate surface area is 125 Å². The number of benzene rings is 1. The molecule has 6 nitrogen and oxygen atoms in total. The third-order valence-corrected chi connectivity index (χ3v) is 4.45. The fourth-order valence-corrected chi connectivity index (χ4v) is 3.32. The Bertz CT molecular complexity index is 909. The maximum Gasteiger partial charge on any atom is 0.263 e. The molecule has 0 spiro atoms. The van der Waals surface area contributed by atoms with Gasteiger partial charge < -0.3 is 0 Å². The Balaban J connectivity index is 2.11. The molecule has 2 aromatic heterocycles. The van der Waals surface area contributed by atoms with Crippen molar-refractivity contribution in [3.8, 4) is 0 Å². The highest BCUT2D eigenvalue weighted by Gasteiger charge is 2.19. The lowest BCUT2D eigenvalue weighted by atomic mass is 10.2. The molecule has 0 saturated carbocycles. The summed E-state index contributed by atoms with van der Waals surface area (Å²) < 4.78 is 27.3. The van der Waals surface area contributed by atoms with Gasteiger partial charge in [-0.3, -0.25) is 9.71 Å². The lowest BCUT2D eigenvalue weighted by Gasteiger charge is -2.09. The second-order valence-electron chi connectivity index (χ2n) is 4.13. The summed E-state index contributed by atoms with van der Waals surface area (Å²) in [5, 5.41) is 0.506. The first kappa shape index (κ1) is 13.7. The molecule has 0 aliphatic heterocycles. The summed E-state index contributed by atoms with van der Waals surface area (Å²) >= 11 is 5.82. The van der Waals surface area contributed by atoms with Crippen LogP contribution in [0.15, 0.2) is 53.8 Å². The van der Waals surface area contributed by atoms with Crippen molar-refractivity contribution in [2.75, 3.05) is 4.72 Å². The number of nitrogens with one attached hydrogen (secondary N) is 1. The van der Waals surface area contributed by atoms with Crippen molar-refractivity contribution in [1.82, 2.24) is 15.0 Å². The molecular formula is C13H9ClN4O2S. The highest BCUT2D eigenvalue weighted by atomic mass is 35.5. The van der Waals surface area contributed by atoms with Crippen LogP contribution in [0, 0.1) is 0 Å². The van der Waals surface area contributed by atoms with Crippen LogP contribution in [0.3, 0.4) is 0 Å². The Morgan fingerprint density at radius 3 is 2.57 bits per heavy atom. The second-order valence-corrected chi connectivity index (χ2v) is 6.14. The van der Waals surface area contributed by atoms with Gasteiger partial charge in [-0.15, -0.1) is 0 Å². The van der Waals surface area contributed by atoms with Crippen LogP contribution < -0.4 is 4.72 Å². The van der Waals surface area contributed by atoms with Crippen LogP contribution in [0.25, 0.3) is 10.9 Å². The molecule has 0 bridgehead atoms. The molecule has 1 N–H and O–H groups in total. The van der Waals surface area contributed by atoms with E-state index in [0.717, 1.165) is 0 Å². The molecule has 0 aliphatic rings. The minimum Gasteiger partial charge on any atom is -0.261 e. The summed E-state index contributed by atoms with van der Waals surface area (Å²) in [5.74, 6) is -0.0138. The molecule has 21 heavy (non-hydrogen) atoms. The topological polar surface area (TPSA) is 84.8 Å². The zero-order valence-electron chi connectivity index (χ0n) is 10.6. The van der Waals surface area contributed by atoms with Crippen molar-refractivity contribution < 1.29 is 8.42 Å². The third-order valence-electron chi connectivity index (χ3n) is 2.78. The first-order valence-electron chi connectivity index (χ1n) is 5.91. The zero-order chi connectivity index (χ0) is 14.9. The quantitative estimate of drug-likeness (QED) is 0.801. The number of sulfonamides is 1. The number of nitrogens with zero attached hydrogens (tertiary/aromatic N) is 3. The largest absolute Gasteiger partial charge is 0.263 e. The van der Waals surface area contributed by atoms with E-state index in [9.17, 15) is 8.42 Å². The number of hydrogen-bond donors (Lipinski definition) is 1. The normalized spacial score (nSPS) is 11.5. The summed E-state index contributed by atoms with van der Waals surface area (Å²) in [6.07, 6.45) is 4.34. The Morgan fingerprint density at radius 1 is 0.952 bits per heavy atom. The van der Waals surface area contributed by atoms with Gasteiger partial charge in [0.15, 0.2) is 11.0 Å². The molecule has 2 heterocycles. The lowest BCUT2D eigenvalue weighted by Crippen LogP contribution is -2.15. The summed E-state index contributed by atoms with van der Waals surface area (Å²) in [5.41, 5.74) is 0.589. The molecule has 0 saturated heterocycles. The maximum atomic E-state index is 12.5. The third kappa shape index (κ3) is 2.65. The van der Waals surface area contributed by atoms with Crippen LogP contribution in [-0.4, -0.2) is 23.4 Å². The van der Waals surface area contributed by atoms with Crippen LogP contribution in [-0.2, 0) is 10.0 Å². The van der Waals surface area contributed by atoms with Crippen LogP contribution in [0.4, 0.5) is 5.82 Å². The summed E-state index contributed by atoms with van der Waals surface area (Å²) in [7, 11) is -3.84. The maximum absolute atomic E-state index is 12.5. The molecule has 1 aromatic carbocycles. The average molecular weight is 321 g/mol. The molecule has 3 aromatic rings. The molecule has 8 heteroatoms. The van der Waals surface area contributed by atoms with Crippen LogP contribution in [0.1, 0.15) is 0 Å². The SMILES string of the molecule is O=S(=O)(Nc1nccnc1Cl)c1cccc2ncccc12. The monoisotopic (exact) mass is 320 g/mol. The first-order valence-corrected chi connectivity index (χ1v) is 7.77. The van der Waals surface area contributed by atoms with Crippen molar-refractivity contribution in [1.29, 1.82) is 0 Å². The van der Waals surface area contributed by atoms with Gasteiger partial charge in [-0.2, -0.15) is 0 Å². The molecule has 0 fully saturated rings. The summed E-state index contributed by atoms with van der Waals surface area (Å²) in [4.78, 5) is 11.9. The van der Waals surface area contributed by atoms with Gasteiger partial charge in [0, 0.05) is 24.0 Å². The number of anilines is 1. The predicted molar refractivity (Wildman–Crippen MR) is 79.6 cm³/mol. The smallest absolute Gasteiger partial charge is 0.261 e. The van der Waals surface area contributed by atoms with E-state index in [1.54, 1.807) is 30.5 Å². The zero-order valence-corrected chi connectivity index (χ0v) is 12.1. The van der Waals surface area contributed by atoms with Gasteiger partial charge in [-0.1, -0.05) is 17.7 Å². The van der Waals surface area contributed by atoms with Gasteiger partial charge in [-0.05, 0) is 24.3 Å². The highest BCUT2D eigenvalue weighted by Crippen LogP contribution is 2.24. The van der Waals surface area contributed by atoms with Gasteiger partial charge in [0.25, 0.3) is 10.0 Å². The number of halogens is 1. The van der Waals surface area contributed by atoms with Crippen molar-refractivity contribution >= 4 is 38.3 Å². The van der Waals surface area contributed by atoms with Gasteiger partial charge in [-0.25, -0.2) is 18.4 Å². The minimum absolute atomic E-state index is 0.0138. The molecule has 0 atom stereocenters. The van der Waals surface area contributed by atoms with E-state index in [0.29, 0.717) is 10.9 Å². The van der Waals surface area contributed by atoms with E-state index in [1.807, 2.05) is 0 Å². The van der Waals surface area contributed by atoms with E-state index >= 15 is 0 Å². The van der Waals surface area contributed by atoms with Crippen LogP contribution >= 0.6 is 11.6 Å². The highest BCUT2D eigenvalue weighted by molar-refractivity contribution is 7.93. The van der Waals surface area contributed by atoms with Crippen molar-refractivity contribution in [2.24, 2.45) is 0 Å². The Kier molecular flexibility index (Phi) is 3.44. The van der Waals surface area contributed by atoms with Crippen LogP contribution in [0.2, 0.25) is 5.15 Å². The average Bonchev–Trinajstić information content (AvgIpc) is 2.49. The van der Waals surface area contributed by atoms with Crippen molar-refractivity contribution in [2.45, 2.75) is 4.90 Å². The summed E-state index contributed by atoms with van der Waals surface area (Å²) in [6.45, 7) is 0. The fourth-order valence-electron chi connectivity index (χ4n) is 1.88. The molecule has 0 unspecified atom stereocenters. The van der Waals surface area contributed by atoms with Crippen LogP contribution in [0.5, 0.6) is 0 Å². The number of aromatic nitrogens is 3. The van der Waals surface area contributed by atoms with Gasteiger partial charge in [0.05, 0.1) is 10.4 Å². The molecule has 0 radical (unpaired) electrons. The second kappa shape index (κ2) is 5.27.